The molecule has 0 unspecified atom stereocenters. The molecule has 7 heteroatoms. The van der Waals surface area contributed by atoms with E-state index in [4.69, 9.17) is 10.00 Å². The molecule has 3 aromatic rings. The van der Waals surface area contributed by atoms with E-state index < -0.39 is 5.91 Å². The highest BCUT2D eigenvalue weighted by Crippen LogP contribution is 2.22. The molecule has 0 aliphatic carbocycles. The number of hydrogen-bond acceptors (Lipinski definition) is 4. The Kier molecular flexibility index (Phi) is 5.11. The summed E-state index contributed by atoms with van der Waals surface area (Å²) in [5.41, 5.74) is 4.65. The van der Waals surface area contributed by atoms with Crippen LogP contribution in [-0.4, -0.2) is 23.7 Å². The van der Waals surface area contributed by atoms with E-state index >= 15 is 0 Å². The van der Waals surface area contributed by atoms with Crippen molar-refractivity contribution < 1.29 is 9.53 Å². The van der Waals surface area contributed by atoms with E-state index in [2.05, 4.69) is 31.4 Å². The number of carbonyl (C=O) groups is 1. The van der Waals surface area contributed by atoms with Crippen LogP contribution in [0, 0.1) is 11.3 Å². The summed E-state index contributed by atoms with van der Waals surface area (Å²) < 4.78 is 6.14. The number of halogens is 1. The minimum Gasteiger partial charge on any atom is -0.482 e. The number of hydrazone groups is 1. The quantitative estimate of drug-likeness (QED) is 0.511. The molecule has 0 saturated heterocycles. The number of nitriles is 1. The number of amides is 1. The predicted octanol–water partition coefficient (Wildman–Crippen LogP) is 3.33. The average molecular weight is 397 g/mol. The van der Waals surface area contributed by atoms with Gasteiger partial charge < -0.3 is 9.72 Å². The lowest BCUT2D eigenvalue weighted by Crippen LogP contribution is -2.24. The van der Waals surface area contributed by atoms with Crippen molar-refractivity contribution in [1.82, 2.24) is 10.4 Å². The highest BCUT2D eigenvalue weighted by Gasteiger charge is 2.07. The zero-order chi connectivity index (χ0) is 17.6. The maximum Gasteiger partial charge on any atom is 0.277 e. The molecule has 0 bridgehead atoms. The molecule has 3 rings (SSSR count). The van der Waals surface area contributed by atoms with Gasteiger partial charge in [-0.15, -0.1) is 0 Å². The van der Waals surface area contributed by atoms with Crippen LogP contribution in [0.5, 0.6) is 5.75 Å². The molecular formula is C18H13BrN4O2. The number of ether oxygens (including phenoxy) is 1. The van der Waals surface area contributed by atoms with Crippen LogP contribution in [0.2, 0.25) is 0 Å². The molecule has 124 valence electrons. The molecule has 0 saturated carbocycles. The molecule has 1 heterocycles. The summed E-state index contributed by atoms with van der Waals surface area (Å²) in [4.78, 5) is 15.0. The van der Waals surface area contributed by atoms with Gasteiger partial charge in [-0.2, -0.15) is 10.4 Å². The molecule has 0 aliphatic heterocycles. The van der Waals surface area contributed by atoms with Gasteiger partial charge in [-0.25, -0.2) is 5.43 Å². The summed E-state index contributed by atoms with van der Waals surface area (Å²) in [6.07, 6.45) is 3.42. The summed E-state index contributed by atoms with van der Waals surface area (Å²) in [5.74, 6) is -0.0637. The molecule has 0 aliphatic rings. The Morgan fingerprint density at radius 1 is 1.36 bits per heavy atom. The number of nitrogens with one attached hydrogen (secondary N) is 2. The number of aromatic nitrogens is 1. The van der Waals surface area contributed by atoms with Crippen molar-refractivity contribution >= 4 is 39.0 Å². The van der Waals surface area contributed by atoms with Crippen molar-refractivity contribution in [3.05, 3.63) is 64.3 Å². The van der Waals surface area contributed by atoms with Crippen LogP contribution >= 0.6 is 15.9 Å². The monoisotopic (exact) mass is 396 g/mol. The number of hydrogen-bond donors (Lipinski definition) is 2. The molecule has 0 atom stereocenters. The van der Waals surface area contributed by atoms with E-state index in [0.29, 0.717) is 11.3 Å². The fraction of sp³-hybridized carbons (Fsp3) is 0.0556. The Morgan fingerprint density at radius 2 is 2.24 bits per heavy atom. The van der Waals surface area contributed by atoms with Crippen LogP contribution in [0.15, 0.2) is 58.2 Å². The van der Waals surface area contributed by atoms with Crippen molar-refractivity contribution in [1.29, 1.82) is 5.26 Å². The van der Waals surface area contributed by atoms with Gasteiger partial charge in [0.1, 0.15) is 11.8 Å². The normalized spacial score (nSPS) is 10.7. The molecular weight excluding hydrogens is 384 g/mol. The topological polar surface area (TPSA) is 90.3 Å². The third-order valence-corrected chi connectivity index (χ3v) is 3.94. The Balaban J connectivity index is 1.58. The minimum absolute atomic E-state index is 0.234. The van der Waals surface area contributed by atoms with Crippen molar-refractivity contribution in [2.24, 2.45) is 5.10 Å². The maximum absolute atomic E-state index is 11.8. The summed E-state index contributed by atoms with van der Waals surface area (Å²) in [7, 11) is 0. The van der Waals surface area contributed by atoms with Gasteiger partial charge in [0, 0.05) is 27.1 Å². The Hall–Kier alpha value is -3.11. The first kappa shape index (κ1) is 16.7. The average Bonchev–Trinajstić information content (AvgIpc) is 3.10. The van der Waals surface area contributed by atoms with E-state index in [1.165, 1.54) is 0 Å². The number of benzene rings is 2. The number of aromatic amines is 1. The number of fused-ring (bicyclic) bond motifs is 1. The van der Waals surface area contributed by atoms with Crippen molar-refractivity contribution in [2.45, 2.75) is 0 Å². The van der Waals surface area contributed by atoms with Crippen LogP contribution in [-0.2, 0) is 4.79 Å². The lowest BCUT2D eigenvalue weighted by molar-refractivity contribution is -0.123. The Labute approximate surface area is 152 Å². The van der Waals surface area contributed by atoms with Crippen LogP contribution in [0.4, 0.5) is 0 Å². The second-order valence-corrected chi connectivity index (χ2v) is 6.04. The first-order valence-electron chi connectivity index (χ1n) is 7.38. The molecule has 0 radical (unpaired) electrons. The second kappa shape index (κ2) is 7.64. The summed E-state index contributed by atoms with van der Waals surface area (Å²) in [5, 5.41) is 14.0. The van der Waals surface area contributed by atoms with Gasteiger partial charge in [-0.05, 0) is 30.3 Å². The van der Waals surface area contributed by atoms with Gasteiger partial charge in [0.05, 0.1) is 11.8 Å². The summed E-state index contributed by atoms with van der Waals surface area (Å²) in [6.45, 7) is -0.234. The molecule has 25 heavy (non-hydrogen) atoms. The largest absolute Gasteiger partial charge is 0.482 e. The molecule has 6 nitrogen and oxygen atoms in total. The van der Waals surface area contributed by atoms with Crippen molar-refractivity contribution in [2.75, 3.05) is 6.61 Å². The van der Waals surface area contributed by atoms with Gasteiger partial charge in [0.2, 0.25) is 0 Å². The van der Waals surface area contributed by atoms with Crippen molar-refractivity contribution in [3.8, 4) is 11.8 Å². The SMILES string of the molecule is N#Cc1cc(Br)ccc1OCC(=O)NN=Cc1cccc2[nH]ccc12. The molecule has 0 fully saturated rings. The number of nitrogens with zero attached hydrogens (tertiary/aromatic N) is 2. The van der Waals surface area contributed by atoms with Crippen molar-refractivity contribution in [3.63, 3.8) is 0 Å². The first-order valence-corrected chi connectivity index (χ1v) is 8.17. The highest BCUT2D eigenvalue weighted by atomic mass is 79.9. The van der Waals surface area contributed by atoms with E-state index in [9.17, 15) is 4.79 Å². The number of carbonyl (C=O) groups excluding carboxylic acids is 1. The second-order valence-electron chi connectivity index (χ2n) is 5.12. The molecule has 2 N–H and O–H groups in total. The van der Waals surface area contributed by atoms with Gasteiger partial charge in [0.25, 0.3) is 5.91 Å². The standard InChI is InChI=1S/C18H13BrN4O2/c19-14-4-5-17(13(8-14)9-20)25-11-18(24)23-22-10-12-2-1-3-16-15(12)6-7-21-16/h1-8,10,21H,11H2,(H,23,24). The lowest BCUT2D eigenvalue weighted by Gasteiger charge is -2.07. The maximum atomic E-state index is 11.8. The summed E-state index contributed by atoms with van der Waals surface area (Å²) >= 11 is 3.28. The van der Waals surface area contributed by atoms with Gasteiger partial charge in [-0.1, -0.05) is 28.1 Å². The first-order chi connectivity index (χ1) is 12.2. The van der Waals surface area contributed by atoms with E-state index in [-0.39, 0.29) is 6.61 Å². The van der Waals surface area contributed by atoms with Crippen LogP contribution in [0.1, 0.15) is 11.1 Å². The van der Waals surface area contributed by atoms with Gasteiger partial charge in [0.15, 0.2) is 6.61 Å². The number of H-pyrrole nitrogens is 1. The smallest absolute Gasteiger partial charge is 0.277 e. The van der Waals surface area contributed by atoms with E-state index in [1.807, 2.05) is 36.5 Å². The zero-order valence-corrected chi connectivity index (χ0v) is 14.6. The minimum atomic E-state index is -0.413. The molecule has 1 amide bonds. The Morgan fingerprint density at radius 3 is 3.08 bits per heavy atom. The fourth-order valence-corrected chi connectivity index (χ4v) is 2.65. The molecule has 1 aromatic heterocycles. The van der Waals surface area contributed by atoms with E-state index in [1.54, 1.807) is 24.4 Å². The third-order valence-electron chi connectivity index (χ3n) is 3.44. The summed E-state index contributed by atoms with van der Waals surface area (Å²) in [6, 6.07) is 14.7. The van der Waals surface area contributed by atoms with Gasteiger partial charge in [-0.3, -0.25) is 4.79 Å². The predicted molar refractivity (Wildman–Crippen MR) is 98.4 cm³/mol. The molecule has 2 aromatic carbocycles. The van der Waals surface area contributed by atoms with Crippen LogP contribution in [0.3, 0.4) is 0 Å². The molecule has 0 spiro atoms. The van der Waals surface area contributed by atoms with E-state index in [0.717, 1.165) is 20.9 Å². The number of rotatable bonds is 5. The zero-order valence-electron chi connectivity index (χ0n) is 13.0. The van der Waals surface area contributed by atoms with Crippen LogP contribution < -0.4 is 10.2 Å². The lowest BCUT2D eigenvalue weighted by atomic mass is 10.1. The fourth-order valence-electron chi connectivity index (χ4n) is 2.29. The third kappa shape index (κ3) is 4.05. The Bertz CT molecular complexity index is 988. The highest BCUT2D eigenvalue weighted by molar-refractivity contribution is 9.10. The van der Waals surface area contributed by atoms with Crippen LogP contribution in [0.25, 0.3) is 10.9 Å². The van der Waals surface area contributed by atoms with Gasteiger partial charge >= 0.3 is 0 Å².